The molecule has 1 aromatic heterocycles. The van der Waals surface area contributed by atoms with Crippen LogP contribution >= 0.6 is 9.24 Å². The molecule has 1 heterocycles. The summed E-state index contributed by atoms with van der Waals surface area (Å²) in [6.07, 6.45) is 8.21. The number of aliphatic hydroxyl groups is 1. The minimum Gasteiger partial charge on any atom is -0.391 e. The molecule has 0 saturated heterocycles. The number of hydrogen-bond acceptors (Lipinski definition) is 3. The Morgan fingerprint density at radius 2 is 1.88 bits per heavy atom. The van der Waals surface area contributed by atoms with Crippen molar-refractivity contribution in [3.8, 4) is 11.8 Å². The van der Waals surface area contributed by atoms with Crippen molar-refractivity contribution in [3.05, 3.63) is 83.7 Å². The highest BCUT2D eigenvalue weighted by molar-refractivity contribution is 7.42. The van der Waals surface area contributed by atoms with Gasteiger partial charge in [-0.15, -0.1) is 0 Å². The lowest BCUT2D eigenvalue weighted by molar-refractivity contribution is 0.171. The summed E-state index contributed by atoms with van der Waals surface area (Å²) in [6, 6.07) is 9.82. The van der Waals surface area contributed by atoms with Crippen LogP contribution in [-0.2, 0) is 7.05 Å². The maximum absolute atomic E-state index is 9.64. The lowest BCUT2D eigenvalue weighted by Gasteiger charge is -2.11. The average molecular weight is 448 g/mol. The van der Waals surface area contributed by atoms with E-state index in [0.29, 0.717) is 5.92 Å². The maximum Gasteiger partial charge on any atom is 0.0735 e. The molecule has 32 heavy (non-hydrogen) atoms. The van der Waals surface area contributed by atoms with Crippen LogP contribution in [0.4, 0.5) is 0 Å². The second-order valence-corrected chi connectivity index (χ2v) is 8.83. The molecule has 2 aromatic rings. The van der Waals surface area contributed by atoms with Gasteiger partial charge in [0.1, 0.15) is 0 Å². The Morgan fingerprint density at radius 1 is 1.19 bits per heavy atom. The summed E-state index contributed by atoms with van der Waals surface area (Å²) >= 11 is 0. The zero-order chi connectivity index (χ0) is 23.7. The van der Waals surface area contributed by atoms with Crippen molar-refractivity contribution in [2.75, 3.05) is 0 Å². The van der Waals surface area contributed by atoms with Gasteiger partial charge in [0.25, 0.3) is 0 Å². The lowest BCUT2D eigenvalue weighted by Crippen LogP contribution is -2.17. The minimum absolute atomic E-state index is 0.151. The fourth-order valence-electron chi connectivity index (χ4n) is 3.01. The van der Waals surface area contributed by atoms with E-state index in [1.807, 2.05) is 61.3 Å². The van der Waals surface area contributed by atoms with Gasteiger partial charge in [-0.3, -0.25) is 9.67 Å². The molecule has 0 aliphatic carbocycles. The summed E-state index contributed by atoms with van der Waals surface area (Å²) in [6.45, 7) is 12.0. The predicted octanol–water partition coefficient (Wildman–Crippen LogP) is 5.40. The summed E-state index contributed by atoms with van der Waals surface area (Å²) in [4.78, 5) is 4.51. The monoisotopic (exact) mass is 447 g/mol. The molecule has 0 aliphatic rings. The number of aromatic nitrogens is 2. The Kier molecular flexibility index (Phi) is 9.85. The van der Waals surface area contributed by atoms with Gasteiger partial charge in [0, 0.05) is 24.4 Å². The topological polar surface area (TPSA) is 50.4 Å². The van der Waals surface area contributed by atoms with Crippen LogP contribution in [0.5, 0.6) is 0 Å². The fraction of sp³-hybridized carbons (Fsp3) is 0.333. The van der Waals surface area contributed by atoms with E-state index in [0.717, 1.165) is 34.3 Å². The van der Waals surface area contributed by atoms with Crippen molar-refractivity contribution in [3.63, 3.8) is 0 Å². The molecule has 2 rings (SSSR count). The molecule has 168 valence electrons. The van der Waals surface area contributed by atoms with Crippen molar-refractivity contribution >= 4 is 20.3 Å². The number of aryl methyl sites for hydroxylation is 1. The summed E-state index contributed by atoms with van der Waals surface area (Å²) < 4.78 is 1.90. The van der Waals surface area contributed by atoms with Crippen LogP contribution in [0.2, 0.25) is 0 Å². The first-order chi connectivity index (χ1) is 15.2. The normalized spacial score (nSPS) is 14.7. The van der Waals surface area contributed by atoms with Gasteiger partial charge >= 0.3 is 0 Å². The second-order valence-electron chi connectivity index (χ2n) is 8.28. The van der Waals surface area contributed by atoms with Gasteiger partial charge < -0.3 is 5.11 Å². The largest absolute Gasteiger partial charge is 0.391 e. The number of benzene rings is 1. The number of aliphatic imine (C=N–C) groups is 1. The summed E-state index contributed by atoms with van der Waals surface area (Å²) in [5, 5.41) is 13.9. The number of hydrogen-bond donors (Lipinski definition) is 1. The van der Waals surface area contributed by atoms with Crippen molar-refractivity contribution < 1.29 is 5.11 Å². The Hall–Kier alpha value is -2.73. The standard InChI is InChI=1S/C27H34N3OP/c1-7-22(10-15-25(18-19(2)3)26-16-17-28-30(26)6)8-9-23-11-13-24(14-12-23)27(32)29-20(4)21(5)31/h7,10-17,19-21,31H,1,18,32H2,2-6H3/b22-10+,25-15+,29-27?. The van der Waals surface area contributed by atoms with Crippen molar-refractivity contribution in [2.45, 2.75) is 46.3 Å². The Balaban J connectivity index is 2.23. The quantitative estimate of drug-likeness (QED) is 0.255. The van der Waals surface area contributed by atoms with Gasteiger partial charge in [0.15, 0.2) is 0 Å². The highest BCUT2D eigenvalue weighted by Gasteiger charge is 2.08. The average Bonchev–Trinajstić information content (AvgIpc) is 3.18. The van der Waals surface area contributed by atoms with Crippen LogP contribution in [0.25, 0.3) is 5.57 Å². The van der Waals surface area contributed by atoms with Gasteiger partial charge in [-0.1, -0.05) is 65.8 Å². The van der Waals surface area contributed by atoms with E-state index < -0.39 is 6.10 Å². The van der Waals surface area contributed by atoms with E-state index in [4.69, 9.17) is 0 Å². The first-order valence-corrected chi connectivity index (χ1v) is 11.4. The van der Waals surface area contributed by atoms with Crippen LogP contribution < -0.4 is 0 Å². The molecule has 3 unspecified atom stereocenters. The zero-order valence-electron chi connectivity index (χ0n) is 19.7. The highest BCUT2D eigenvalue weighted by Crippen LogP contribution is 2.22. The molecule has 0 amide bonds. The van der Waals surface area contributed by atoms with Crippen molar-refractivity contribution in [2.24, 2.45) is 18.0 Å². The molecule has 1 aromatic carbocycles. The van der Waals surface area contributed by atoms with Gasteiger partial charge in [0.2, 0.25) is 0 Å². The van der Waals surface area contributed by atoms with E-state index >= 15 is 0 Å². The van der Waals surface area contributed by atoms with E-state index in [-0.39, 0.29) is 6.04 Å². The van der Waals surface area contributed by atoms with Crippen LogP contribution in [-0.4, -0.2) is 32.5 Å². The molecule has 0 aliphatic heterocycles. The number of aliphatic hydroxyl groups excluding tert-OH is 1. The van der Waals surface area contributed by atoms with Crippen molar-refractivity contribution in [1.82, 2.24) is 9.78 Å². The maximum atomic E-state index is 9.64. The fourth-order valence-corrected chi connectivity index (χ4v) is 3.44. The predicted molar refractivity (Wildman–Crippen MR) is 140 cm³/mol. The van der Waals surface area contributed by atoms with Crippen LogP contribution in [0.3, 0.4) is 0 Å². The van der Waals surface area contributed by atoms with E-state index in [2.05, 4.69) is 57.7 Å². The van der Waals surface area contributed by atoms with Crippen LogP contribution in [0.15, 0.2) is 71.9 Å². The third-order valence-electron chi connectivity index (χ3n) is 5.03. The Morgan fingerprint density at radius 3 is 2.41 bits per heavy atom. The molecule has 0 fully saturated rings. The van der Waals surface area contributed by atoms with E-state index in [1.54, 1.807) is 13.0 Å². The number of nitrogens with zero attached hydrogens (tertiary/aromatic N) is 3. The molecular weight excluding hydrogens is 413 g/mol. The van der Waals surface area contributed by atoms with Gasteiger partial charge in [-0.05, 0) is 61.6 Å². The zero-order valence-corrected chi connectivity index (χ0v) is 20.9. The number of allylic oxidation sites excluding steroid dienone is 5. The highest BCUT2D eigenvalue weighted by atomic mass is 31.0. The molecule has 0 radical (unpaired) electrons. The molecule has 5 heteroatoms. The molecular formula is C27H34N3OP. The summed E-state index contributed by atoms with van der Waals surface area (Å²) in [7, 11) is 4.60. The molecule has 1 N–H and O–H groups in total. The molecule has 3 atom stereocenters. The second kappa shape index (κ2) is 12.3. The van der Waals surface area contributed by atoms with E-state index in [1.165, 1.54) is 5.57 Å². The SMILES string of the molecule is C=C/C(C#Cc1ccc(C(P)=NC(C)C(C)O)cc1)=C\C=C(/CC(C)C)c1ccnn1C. The van der Waals surface area contributed by atoms with Crippen LogP contribution in [0.1, 0.15) is 50.9 Å². The summed E-state index contributed by atoms with van der Waals surface area (Å²) in [5.41, 5.74) is 5.93. The first-order valence-electron chi connectivity index (χ1n) is 10.9. The first kappa shape index (κ1) is 25.5. The van der Waals surface area contributed by atoms with Gasteiger partial charge in [-0.25, -0.2) is 0 Å². The lowest BCUT2D eigenvalue weighted by atomic mass is 9.99. The molecule has 0 saturated carbocycles. The Labute approximate surface area is 195 Å². The third kappa shape index (κ3) is 7.75. The molecule has 0 spiro atoms. The Bertz CT molecular complexity index is 1060. The molecule has 0 bridgehead atoms. The smallest absolute Gasteiger partial charge is 0.0735 e. The van der Waals surface area contributed by atoms with E-state index in [9.17, 15) is 5.11 Å². The molecule has 4 nitrogen and oxygen atoms in total. The number of rotatable bonds is 8. The van der Waals surface area contributed by atoms with Gasteiger partial charge in [0.05, 0.1) is 23.3 Å². The van der Waals surface area contributed by atoms with Gasteiger partial charge in [-0.2, -0.15) is 5.10 Å². The van der Waals surface area contributed by atoms with Crippen molar-refractivity contribution in [1.29, 1.82) is 0 Å². The van der Waals surface area contributed by atoms with Crippen LogP contribution in [0, 0.1) is 17.8 Å². The minimum atomic E-state index is -0.479. The third-order valence-corrected chi connectivity index (χ3v) is 5.52. The summed E-state index contributed by atoms with van der Waals surface area (Å²) in [5.74, 6) is 6.95.